The number of hydrogen-bond acceptors (Lipinski definition) is 4. The van der Waals surface area contributed by atoms with Crippen LogP contribution in [0.1, 0.15) is 32.6 Å². The van der Waals surface area contributed by atoms with Crippen LogP contribution in [0.5, 0.6) is 0 Å². The first-order valence-electron chi connectivity index (χ1n) is 6.77. The fourth-order valence-corrected chi connectivity index (χ4v) is 3.31. The second-order valence-corrected chi connectivity index (χ2v) is 7.11. The molecule has 0 unspecified atom stereocenters. The molecule has 0 aromatic carbocycles. The first-order chi connectivity index (χ1) is 8.14. The van der Waals surface area contributed by atoms with Crippen molar-refractivity contribution >= 4 is 9.84 Å². The Morgan fingerprint density at radius 3 is 2.41 bits per heavy atom. The Morgan fingerprint density at radius 2 is 1.76 bits per heavy atom. The van der Waals surface area contributed by atoms with Crippen LogP contribution < -0.4 is 5.32 Å². The van der Waals surface area contributed by atoms with Gasteiger partial charge in [-0.3, -0.25) is 0 Å². The zero-order valence-electron chi connectivity index (χ0n) is 11.0. The lowest BCUT2D eigenvalue weighted by Crippen LogP contribution is -2.40. The van der Waals surface area contributed by atoms with Crippen molar-refractivity contribution in [1.82, 2.24) is 10.2 Å². The fraction of sp³-hybridized carbons (Fsp3) is 1.00. The van der Waals surface area contributed by atoms with E-state index in [1.165, 1.54) is 25.7 Å². The molecule has 0 atom stereocenters. The van der Waals surface area contributed by atoms with Gasteiger partial charge in [-0.15, -0.1) is 0 Å². The third-order valence-electron chi connectivity index (χ3n) is 3.19. The molecular formula is C12H26N2O2S. The van der Waals surface area contributed by atoms with Crippen LogP contribution in [0, 0.1) is 0 Å². The molecule has 1 aliphatic rings. The van der Waals surface area contributed by atoms with E-state index in [1.54, 1.807) is 0 Å². The first kappa shape index (κ1) is 14.9. The second kappa shape index (κ2) is 8.06. The Hall–Kier alpha value is -0.130. The Balaban J connectivity index is 1.94. The number of sulfone groups is 1. The van der Waals surface area contributed by atoms with Gasteiger partial charge in [0, 0.05) is 13.1 Å². The van der Waals surface area contributed by atoms with Crippen LogP contribution in [0.3, 0.4) is 0 Å². The fourth-order valence-electron chi connectivity index (χ4n) is 2.04. The maximum Gasteiger partial charge on any atom is 0.152 e. The number of nitrogens with zero attached hydrogens (tertiary/aromatic N) is 1. The van der Waals surface area contributed by atoms with E-state index in [1.807, 2.05) is 0 Å². The summed E-state index contributed by atoms with van der Waals surface area (Å²) >= 11 is 0. The Kier molecular flexibility index (Phi) is 7.08. The van der Waals surface area contributed by atoms with Crippen LogP contribution in [0.2, 0.25) is 0 Å². The summed E-state index contributed by atoms with van der Waals surface area (Å²) in [4.78, 5) is 2.28. The van der Waals surface area contributed by atoms with E-state index in [0.29, 0.717) is 11.5 Å². The molecule has 1 saturated heterocycles. The minimum atomic E-state index is -2.71. The number of unbranched alkanes of at least 4 members (excludes halogenated alkanes) is 2. The summed E-state index contributed by atoms with van der Waals surface area (Å²) < 4.78 is 22.5. The highest BCUT2D eigenvalue weighted by atomic mass is 32.2. The summed E-state index contributed by atoms with van der Waals surface area (Å²) in [6, 6.07) is 0. The Bertz CT molecular complexity index is 277. The van der Waals surface area contributed by atoms with E-state index >= 15 is 0 Å². The minimum Gasteiger partial charge on any atom is -0.317 e. The van der Waals surface area contributed by atoms with Crippen molar-refractivity contribution in [1.29, 1.82) is 0 Å². The Labute approximate surface area is 106 Å². The summed E-state index contributed by atoms with van der Waals surface area (Å²) in [7, 11) is -2.71. The quantitative estimate of drug-likeness (QED) is 0.660. The lowest BCUT2D eigenvalue weighted by molar-refractivity contribution is 0.288. The summed E-state index contributed by atoms with van der Waals surface area (Å²) in [5.41, 5.74) is 0. The molecule has 102 valence electrons. The van der Waals surface area contributed by atoms with E-state index < -0.39 is 9.84 Å². The summed E-state index contributed by atoms with van der Waals surface area (Å²) in [6.07, 6.45) is 4.85. The number of hydrogen-bond donors (Lipinski definition) is 1. The zero-order chi connectivity index (χ0) is 12.6. The second-order valence-electron chi connectivity index (χ2n) is 4.80. The molecule has 1 fully saturated rings. The molecule has 0 aliphatic carbocycles. The van der Waals surface area contributed by atoms with Crippen molar-refractivity contribution in [3.05, 3.63) is 0 Å². The molecule has 0 radical (unpaired) electrons. The average Bonchev–Trinajstić information content (AvgIpc) is 2.30. The van der Waals surface area contributed by atoms with E-state index in [2.05, 4.69) is 17.1 Å². The third kappa shape index (κ3) is 7.01. The molecular weight excluding hydrogens is 236 g/mol. The van der Waals surface area contributed by atoms with E-state index in [9.17, 15) is 8.42 Å². The van der Waals surface area contributed by atoms with Gasteiger partial charge in [-0.1, -0.05) is 13.3 Å². The van der Waals surface area contributed by atoms with Gasteiger partial charge in [0.25, 0.3) is 0 Å². The van der Waals surface area contributed by atoms with E-state index in [-0.39, 0.29) is 0 Å². The third-order valence-corrected chi connectivity index (χ3v) is 4.80. The molecule has 0 spiro atoms. The lowest BCUT2D eigenvalue weighted by Gasteiger charge is -2.26. The summed E-state index contributed by atoms with van der Waals surface area (Å²) in [6.45, 7) is 6.93. The largest absolute Gasteiger partial charge is 0.317 e. The molecule has 0 saturated carbocycles. The SMILES string of the molecule is CCCNCCCCCN1CCS(=O)(=O)CC1. The van der Waals surface area contributed by atoms with E-state index in [4.69, 9.17) is 0 Å². The monoisotopic (exact) mass is 262 g/mol. The van der Waals surface area contributed by atoms with Gasteiger partial charge in [-0.25, -0.2) is 8.42 Å². The maximum absolute atomic E-state index is 11.2. The molecule has 0 amide bonds. The molecule has 4 nitrogen and oxygen atoms in total. The van der Waals surface area contributed by atoms with Crippen LogP contribution in [0.4, 0.5) is 0 Å². The number of nitrogens with one attached hydrogen (secondary N) is 1. The molecule has 0 aromatic rings. The van der Waals surface area contributed by atoms with Gasteiger partial charge in [-0.2, -0.15) is 0 Å². The van der Waals surface area contributed by atoms with Gasteiger partial charge in [0.2, 0.25) is 0 Å². The van der Waals surface area contributed by atoms with Gasteiger partial charge in [0.15, 0.2) is 9.84 Å². The maximum atomic E-state index is 11.2. The van der Waals surface area contributed by atoms with Crippen LogP contribution >= 0.6 is 0 Å². The van der Waals surface area contributed by atoms with Crippen LogP contribution in [0.25, 0.3) is 0 Å². The van der Waals surface area contributed by atoms with Crippen molar-refractivity contribution in [3.8, 4) is 0 Å². The molecule has 17 heavy (non-hydrogen) atoms. The van der Waals surface area contributed by atoms with Crippen LogP contribution in [-0.2, 0) is 9.84 Å². The standard InChI is InChI=1S/C12H26N2O2S/c1-2-6-13-7-4-3-5-8-14-9-11-17(15,16)12-10-14/h13H,2-12H2,1H3. The molecule has 0 bridgehead atoms. The zero-order valence-corrected chi connectivity index (χ0v) is 11.8. The van der Waals surface area contributed by atoms with Crippen LogP contribution in [-0.4, -0.2) is 57.5 Å². The topological polar surface area (TPSA) is 49.4 Å². The highest BCUT2D eigenvalue weighted by molar-refractivity contribution is 7.91. The van der Waals surface area contributed by atoms with E-state index in [0.717, 1.165) is 32.7 Å². The molecule has 5 heteroatoms. The molecule has 0 aromatic heterocycles. The van der Waals surface area contributed by atoms with Gasteiger partial charge < -0.3 is 10.2 Å². The van der Waals surface area contributed by atoms with Gasteiger partial charge in [0.05, 0.1) is 11.5 Å². The first-order valence-corrected chi connectivity index (χ1v) is 8.59. The van der Waals surface area contributed by atoms with Crippen LogP contribution in [0.15, 0.2) is 0 Å². The average molecular weight is 262 g/mol. The molecule has 1 aliphatic heterocycles. The van der Waals surface area contributed by atoms with Crippen molar-refractivity contribution in [3.63, 3.8) is 0 Å². The van der Waals surface area contributed by atoms with Crippen molar-refractivity contribution in [2.75, 3.05) is 44.2 Å². The minimum absolute atomic E-state index is 0.352. The van der Waals surface area contributed by atoms with Crippen molar-refractivity contribution in [2.45, 2.75) is 32.6 Å². The van der Waals surface area contributed by atoms with Gasteiger partial charge >= 0.3 is 0 Å². The Morgan fingerprint density at radius 1 is 1.06 bits per heavy atom. The lowest BCUT2D eigenvalue weighted by atomic mass is 10.2. The molecule has 1 heterocycles. The van der Waals surface area contributed by atoms with Gasteiger partial charge in [0.1, 0.15) is 0 Å². The predicted molar refractivity (Wildman–Crippen MR) is 72.1 cm³/mol. The summed E-state index contributed by atoms with van der Waals surface area (Å²) in [5, 5.41) is 3.39. The van der Waals surface area contributed by atoms with Gasteiger partial charge in [-0.05, 0) is 38.9 Å². The normalized spacial score (nSPS) is 20.5. The highest BCUT2D eigenvalue weighted by Gasteiger charge is 2.20. The smallest absolute Gasteiger partial charge is 0.152 e. The molecule has 1 rings (SSSR count). The highest BCUT2D eigenvalue weighted by Crippen LogP contribution is 2.05. The summed E-state index contributed by atoms with van der Waals surface area (Å²) in [5.74, 6) is 0.704. The number of rotatable bonds is 8. The van der Waals surface area contributed by atoms with Crippen molar-refractivity contribution in [2.24, 2.45) is 0 Å². The van der Waals surface area contributed by atoms with Crippen molar-refractivity contribution < 1.29 is 8.42 Å². The molecule has 1 N–H and O–H groups in total. The predicted octanol–water partition coefficient (Wildman–Crippen LogP) is 0.887.